The number of hydrogen-bond acceptors (Lipinski definition) is 5. The number of hydrogen-bond donors (Lipinski definition) is 1. The van der Waals surface area contributed by atoms with Gasteiger partial charge in [-0.15, -0.1) is 11.8 Å². The molecule has 0 unspecified atom stereocenters. The third-order valence-electron chi connectivity index (χ3n) is 3.75. The smallest absolute Gasteiger partial charge is 0.338 e. The van der Waals surface area contributed by atoms with Gasteiger partial charge in [0, 0.05) is 10.6 Å². The Morgan fingerprint density at radius 1 is 1.15 bits per heavy atom. The molecule has 0 fully saturated rings. The van der Waals surface area contributed by atoms with Crippen LogP contribution in [0.3, 0.4) is 0 Å². The Balaban J connectivity index is 2.05. The predicted molar refractivity (Wildman–Crippen MR) is 104 cm³/mol. The van der Waals surface area contributed by atoms with Crippen LogP contribution in [0.4, 0.5) is 5.69 Å². The van der Waals surface area contributed by atoms with E-state index in [0.29, 0.717) is 17.9 Å². The first-order chi connectivity index (χ1) is 12.4. The molecule has 5 nitrogen and oxygen atoms in total. The van der Waals surface area contributed by atoms with Crippen molar-refractivity contribution in [1.29, 1.82) is 0 Å². The Bertz CT molecular complexity index is 774. The number of methoxy groups -OCH3 is 1. The van der Waals surface area contributed by atoms with E-state index in [4.69, 9.17) is 9.47 Å². The van der Waals surface area contributed by atoms with Gasteiger partial charge in [-0.25, -0.2) is 4.79 Å². The van der Waals surface area contributed by atoms with Crippen molar-refractivity contribution in [3.05, 3.63) is 53.6 Å². The molecule has 26 heavy (non-hydrogen) atoms. The number of benzene rings is 2. The quantitative estimate of drug-likeness (QED) is 0.579. The van der Waals surface area contributed by atoms with E-state index in [1.165, 1.54) is 11.8 Å². The van der Waals surface area contributed by atoms with Crippen LogP contribution in [0.25, 0.3) is 0 Å². The molecule has 1 N–H and O–H groups in total. The number of ether oxygens (including phenoxy) is 2. The van der Waals surface area contributed by atoms with Crippen molar-refractivity contribution in [2.24, 2.45) is 0 Å². The molecule has 0 aromatic heterocycles. The molecule has 1 atom stereocenters. The Labute approximate surface area is 158 Å². The number of anilines is 1. The van der Waals surface area contributed by atoms with Crippen LogP contribution in [0.1, 0.15) is 29.8 Å². The average molecular weight is 373 g/mol. The first kappa shape index (κ1) is 19.8. The fraction of sp³-hybridized carbons (Fsp3) is 0.300. The van der Waals surface area contributed by atoms with E-state index >= 15 is 0 Å². The van der Waals surface area contributed by atoms with E-state index in [0.717, 1.165) is 16.2 Å². The summed E-state index contributed by atoms with van der Waals surface area (Å²) in [4.78, 5) is 25.4. The molecule has 0 aliphatic rings. The van der Waals surface area contributed by atoms with Crippen LogP contribution < -0.4 is 10.1 Å². The summed E-state index contributed by atoms with van der Waals surface area (Å²) in [6.45, 7) is 5.79. The summed E-state index contributed by atoms with van der Waals surface area (Å²) in [6.07, 6.45) is 0. The van der Waals surface area contributed by atoms with Crippen LogP contribution in [0.5, 0.6) is 5.75 Å². The summed E-state index contributed by atoms with van der Waals surface area (Å²) >= 11 is 1.46. The third-order valence-corrected chi connectivity index (χ3v) is 4.86. The van der Waals surface area contributed by atoms with Crippen molar-refractivity contribution < 1.29 is 19.1 Å². The molecule has 1 amide bonds. The predicted octanol–water partition coefficient (Wildman–Crippen LogP) is 4.30. The molecule has 0 radical (unpaired) electrons. The summed E-state index contributed by atoms with van der Waals surface area (Å²) in [5.74, 6) is 0.247. The van der Waals surface area contributed by atoms with Gasteiger partial charge in [0.15, 0.2) is 0 Å². The number of esters is 1. The van der Waals surface area contributed by atoms with E-state index in [9.17, 15) is 9.59 Å². The van der Waals surface area contributed by atoms with Gasteiger partial charge in [-0.1, -0.05) is 6.07 Å². The average Bonchev–Trinajstić information content (AvgIpc) is 2.64. The number of aryl methyl sites for hydroxylation is 1. The van der Waals surface area contributed by atoms with Crippen LogP contribution >= 0.6 is 11.8 Å². The number of nitrogens with one attached hydrogen (secondary N) is 1. The highest BCUT2D eigenvalue weighted by atomic mass is 32.2. The minimum atomic E-state index is -0.399. The summed E-state index contributed by atoms with van der Waals surface area (Å²) in [5, 5.41) is 2.60. The van der Waals surface area contributed by atoms with Gasteiger partial charge >= 0.3 is 5.97 Å². The van der Waals surface area contributed by atoms with Crippen LogP contribution in [0.2, 0.25) is 0 Å². The molecule has 0 spiro atoms. The van der Waals surface area contributed by atoms with Gasteiger partial charge in [0.05, 0.1) is 24.5 Å². The lowest BCUT2D eigenvalue weighted by atomic mass is 10.1. The minimum Gasteiger partial charge on any atom is -0.497 e. The van der Waals surface area contributed by atoms with Crippen molar-refractivity contribution in [3.63, 3.8) is 0 Å². The van der Waals surface area contributed by atoms with E-state index < -0.39 is 5.97 Å². The molecule has 0 bridgehead atoms. The van der Waals surface area contributed by atoms with Crippen molar-refractivity contribution in [2.45, 2.75) is 30.9 Å². The second-order valence-electron chi connectivity index (χ2n) is 5.68. The number of thioether (sulfide) groups is 1. The van der Waals surface area contributed by atoms with Crippen molar-refractivity contribution in [3.8, 4) is 5.75 Å². The summed E-state index contributed by atoms with van der Waals surface area (Å²) in [6, 6.07) is 12.7. The molecule has 0 aliphatic carbocycles. The Kier molecular flexibility index (Phi) is 7.09. The van der Waals surface area contributed by atoms with Gasteiger partial charge in [0.25, 0.3) is 0 Å². The molecule has 6 heteroatoms. The zero-order valence-electron chi connectivity index (χ0n) is 15.4. The second-order valence-corrected chi connectivity index (χ2v) is 7.09. The van der Waals surface area contributed by atoms with E-state index in [2.05, 4.69) is 5.32 Å². The van der Waals surface area contributed by atoms with Gasteiger partial charge in [-0.05, 0) is 62.7 Å². The van der Waals surface area contributed by atoms with Gasteiger partial charge in [0.2, 0.25) is 5.91 Å². The Hall–Kier alpha value is -2.47. The lowest BCUT2D eigenvalue weighted by molar-refractivity contribution is -0.115. The number of rotatable bonds is 7. The normalized spacial score (nSPS) is 11.5. The summed E-state index contributed by atoms with van der Waals surface area (Å²) < 4.78 is 10.1. The maximum absolute atomic E-state index is 12.5. The maximum Gasteiger partial charge on any atom is 0.338 e. The minimum absolute atomic E-state index is 0.130. The lowest BCUT2D eigenvalue weighted by Crippen LogP contribution is -2.23. The van der Waals surface area contributed by atoms with E-state index in [1.54, 1.807) is 32.2 Å². The fourth-order valence-electron chi connectivity index (χ4n) is 2.24. The van der Waals surface area contributed by atoms with Gasteiger partial charge in [-0.2, -0.15) is 0 Å². The molecule has 0 saturated heterocycles. The van der Waals surface area contributed by atoms with Crippen molar-refractivity contribution in [1.82, 2.24) is 0 Å². The number of carbonyl (C=O) groups is 2. The van der Waals surface area contributed by atoms with E-state index in [1.807, 2.05) is 38.1 Å². The monoisotopic (exact) mass is 373 g/mol. The SMILES string of the molecule is CCOC(=O)c1ccc(C)c(NC(=O)[C@@H](C)Sc2ccc(OC)cc2)c1. The third kappa shape index (κ3) is 5.26. The zero-order chi connectivity index (χ0) is 19.1. The lowest BCUT2D eigenvalue weighted by Gasteiger charge is -2.14. The molecule has 0 aliphatic heterocycles. The molecule has 138 valence electrons. The maximum atomic E-state index is 12.5. The van der Waals surface area contributed by atoms with Crippen LogP contribution in [-0.4, -0.2) is 30.8 Å². The van der Waals surface area contributed by atoms with E-state index in [-0.39, 0.29) is 11.2 Å². The molecular weight excluding hydrogens is 350 g/mol. The molecule has 2 rings (SSSR count). The second kappa shape index (κ2) is 9.29. The Morgan fingerprint density at radius 2 is 1.85 bits per heavy atom. The van der Waals surface area contributed by atoms with Crippen LogP contribution in [-0.2, 0) is 9.53 Å². The fourth-order valence-corrected chi connectivity index (χ4v) is 3.11. The standard InChI is InChI=1S/C20H23NO4S/c1-5-25-20(23)15-7-6-13(2)18(12-15)21-19(22)14(3)26-17-10-8-16(24-4)9-11-17/h6-12,14H,5H2,1-4H3,(H,21,22)/t14-/m1/s1. The highest BCUT2D eigenvalue weighted by Crippen LogP contribution is 2.27. The first-order valence-corrected chi connectivity index (χ1v) is 9.22. The van der Waals surface area contributed by atoms with Crippen molar-refractivity contribution in [2.75, 3.05) is 19.0 Å². The number of amides is 1. The Morgan fingerprint density at radius 3 is 2.46 bits per heavy atom. The summed E-state index contributed by atoms with van der Waals surface area (Å²) in [5.41, 5.74) is 1.92. The topological polar surface area (TPSA) is 64.6 Å². The van der Waals surface area contributed by atoms with Crippen LogP contribution in [0, 0.1) is 6.92 Å². The molecular formula is C20H23NO4S. The molecule has 2 aromatic rings. The number of carbonyl (C=O) groups excluding carboxylic acids is 2. The van der Waals surface area contributed by atoms with Gasteiger partial charge in [-0.3, -0.25) is 4.79 Å². The first-order valence-electron chi connectivity index (χ1n) is 8.34. The zero-order valence-corrected chi connectivity index (χ0v) is 16.2. The molecule has 2 aromatic carbocycles. The highest BCUT2D eigenvalue weighted by Gasteiger charge is 2.17. The molecule has 0 saturated carbocycles. The van der Waals surface area contributed by atoms with Crippen molar-refractivity contribution >= 4 is 29.3 Å². The summed E-state index contributed by atoms with van der Waals surface area (Å²) in [7, 11) is 1.62. The largest absolute Gasteiger partial charge is 0.497 e. The van der Waals surface area contributed by atoms with Gasteiger partial charge in [0.1, 0.15) is 5.75 Å². The highest BCUT2D eigenvalue weighted by molar-refractivity contribution is 8.00. The van der Waals surface area contributed by atoms with Crippen LogP contribution in [0.15, 0.2) is 47.4 Å². The molecule has 0 heterocycles. The van der Waals surface area contributed by atoms with Gasteiger partial charge < -0.3 is 14.8 Å².